The Morgan fingerprint density at radius 3 is 3.07 bits per heavy atom. The number of nitrogens with one attached hydrogen (secondary N) is 1. The lowest BCUT2D eigenvalue weighted by atomic mass is 9.96. The Bertz CT molecular complexity index is 392. The van der Waals surface area contributed by atoms with Gasteiger partial charge in [-0.05, 0) is 25.0 Å². The Labute approximate surface area is 96.9 Å². The highest BCUT2D eigenvalue weighted by Crippen LogP contribution is 2.30. The lowest BCUT2D eigenvalue weighted by Gasteiger charge is -2.22. The Hall–Kier alpha value is -1.03. The van der Waals surface area contributed by atoms with Crippen molar-refractivity contribution in [2.24, 2.45) is 0 Å². The van der Waals surface area contributed by atoms with Gasteiger partial charge in [-0.2, -0.15) is 5.48 Å². The lowest BCUT2D eigenvalue weighted by Crippen LogP contribution is -2.35. The molecule has 80 valence electrons. The van der Waals surface area contributed by atoms with Crippen molar-refractivity contribution in [3.05, 3.63) is 29.3 Å². The molecule has 1 atom stereocenters. The van der Waals surface area contributed by atoms with Crippen LogP contribution in [0.15, 0.2) is 18.2 Å². The van der Waals surface area contributed by atoms with Crippen LogP contribution in [-0.4, -0.2) is 11.2 Å². The molecule has 1 aromatic rings. The minimum atomic E-state index is -0.133. The molecule has 4 heteroatoms. The molecule has 2 rings (SSSR count). The number of alkyl halides is 1. The summed E-state index contributed by atoms with van der Waals surface area (Å²) < 4.78 is 0. The van der Waals surface area contributed by atoms with Gasteiger partial charge in [0.1, 0.15) is 0 Å². The fraction of sp³-hybridized carbons (Fsp3) is 0.364. The third-order valence-corrected chi connectivity index (χ3v) is 2.98. The maximum atomic E-state index is 11.3. The van der Waals surface area contributed by atoms with Crippen molar-refractivity contribution in [2.75, 3.05) is 5.33 Å². The molecule has 0 bridgehead atoms. The van der Waals surface area contributed by atoms with E-state index in [1.165, 1.54) is 5.56 Å². The molecule has 3 nitrogen and oxygen atoms in total. The number of carbonyl (C=O) groups excluding carboxylic acids is 1. The number of hydrogen-bond acceptors (Lipinski definition) is 2. The predicted octanol–water partition coefficient (Wildman–Crippen LogP) is 2.15. The van der Waals surface area contributed by atoms with Crippen molar-refractivity contribution in [1.29, 1.82) is 0 Å². The fourth-order valence-corrected chi connectivity index (χ4v) is 2.08. The maximum absolute atomic E-state index is 11.3. The summed E-state index contributed by atoms with van der Waals surface area (Å²) in [5.74, 6) is 0.545. The van der Waals surface area contributed by atoms with Crippen molar-refractivity contribution in [3.8, 4) is 5.75 Å². The van der Waals surface area contributed by atoms with E-state index in [0.717, 1.165) is 23.1 Å². The first-order valence-corrected chi connectivity index (χ1v) is 6.00. The number of benzene rings is 1. The molecular formula is C11H12BrNO2. The molecule has 1 N–H and O–H groups in total. The molecule has 1 aliphatic rings. The van der Waals surface area contributed by atoms with Gasteiger partial charge in [0.2, 0.25) is 0 Å². The zero-order valence-corrected chi connectivity index (χ0v) is 10.0. The summed E-state index contributed by atoms with van der Waals surface area (Å²) in [4.78, 5) is 16.5. The van der Waals surface area contributed by atoms with Crippen LogP contribution in [0.5, 0.6) is 5.75 Å². The summed E-state index contributed by atoms with van der Waals surface area (Å²) in [7, 11) is 0. The molecule has 0 fully saturated rings. The van der Waals surface area contributed by atoms with E-state index in [-0.39, 0.29) is 11.8 Å². The molecule has 1 heterocycles. The third kappa shape index (κ3) is 2.00. The molecule has 1 aliphatic heterocycles. The first kappa shape index (κ1) is 10.5. The van der Waals surface area contributed by atoms with Crippen LogP contribution < -0.4 is 10.3 Å². The highest BCUT2D eigenvalue weighted by atomic mass is 79.9. The number of hydroxylamine groups is 1. The number of amides is 1. The lowest BCUT2D eigenvalue weighted by molar-refractivity contribution is -0.130. The van der Waals surface area contributed by atoms with Crippen LogP contribution in [-0.2, 0) is 11.2 Å². The third-order valence-electron chi connectivity index (χ3n) is 2.58. The van der Waals surface area contributed by atoms with E-state index >= 15 is 0 Å². The van der Waals surface area contributed by atoms with Gasteiger partial charge in [0.25, 0.3) is 5.91 Å². The molecule has 0 aromatic heterocycles. The van der Waals surface area contributed by atoms with Crippen LogP contribution in [0, 0.1) is 0 Å². The smallest absolute Gasteiger partial charge is 0.259 e. The minimum Gasteiger partial charge on any atom is -0.379 e. The SMILES string of the molecule is CC1C(=O)NOc2cc(CCBr)ccc21. The Morgan fingerprint density at radius 2 is 2.33 bits per heavy atom. The van der Waals surface area contributed by atoms with E-state index in [2.05, 4.69) is 21.4 Å². The summed E-state index contributed by atoms with van der Waals surface area (Å²) >= 11 is 3.39. The van der Waals surface area contributed by atoms with Gasteiger partial charge < -0.3 is 4.84 Å². The van der Waals surface area contributed by atoms with Crippen molar-refractivity contribution >= 4 is 21.8 Å². The molecule has 1 aromatic carbocycles. The van der Waals surface area contributed by atoms with Gasteiger partial charge in [0, 0.05) is 10.9 Å². The quantitative estimate of drug-likeness (QED) is 0.836. The summed E-state index contributed by atoms with van der Waals surface area (Å²) in [6.07, 6.45) is 0.957. The van der Waals surface area contributed by atoms with Gasteiger partial charge in [0.05, 0.1) is 5.92 Å². The van der Waals surface area contributed by atoms with Gasteiger partial charge in [0.15, 0.2) is 5.75 Å². The molecule has 0 saturated heterocycles. The number of aryl methyl sites for hydroxylation is 1. The van der Waals surface area contributed by atoms with Gasteiger partial charge in [-0.25, -0.2) is 0 Å². The summed E-state index contributed by atoms with van der Waals surface area (Å²) in [6.45, 7) is 1.88. The summed E-state index contributed by atoms with van der Waals surface area (Å²) in [6, 6.07) is 5.99. The second kappa shape index (κ2) is 4.23. The van der Waals surface area contributed by atoms with Gasteiger partial charge in [-0.15, -0.1) is 0 Å². The average Bonchev–Trinajstić information content (AvgIpc) is 2.24. The molecule has 0 spiro atoms. The minimum absolute atomic E-state index is 0.0873. The highest BCUT2D eigenvalue weighted by molar-refractivity contribution is 9.09. The zero-order chi connectivity index (χ0) is 10.8. The van der Waals surface area contributed by atoms with Gasteiger partial charge >= 0.3 is 0 Å². The van der Waals surface area contributed by atoms with E-state index in [9.17, 15) is 4.79 Å². The molecular weight excluding hydrogens is 258 g/mol. The topological polar surface area (TPSA) is 38.3 Å². The van der Waals surface area contributed by atoms with Crippen LogP contribution in [0.2, 0.25) is 0 Å². The predicted molar refractivity (Wildman–Crippen MR) is 61.1 cm³/mol. The Kier molecular flexibility index (Phi) is 2.95. The molecule has 0 radical (unpaired) electrons. The number of carbonyl (C=O) groups is 1. The van der Waals surface area contributed by atoms with E-state index in [1.807, 2.05) is 25.1 Å². The molecule has 1 unspecified atom stereocenters. The number of fused-ring (bicyclic) bond motifs is 1. The van der Waals surface area contributed by atoms with Crippen LogP contribution in [0.1, 0.15) is 24.0 Å². The first-order valence-electron chi connectivity index (χ1n) is 4.88. The van der Waals surface area contributed by atoms with E-state index in [0.29, 0.717) is 0 Å². The fourth-order valence-electron chi connectivity index (χ4n) is 1.62. The summed E-state index contributed by atoms with van der Waals surface area (Å²) in [5.41, 5.74) is 4.57. The molecule has 15 heavy (non-hydrogen) atoms. The van der Waals surface area contributed by atoms with Crippen LogP contribution in [0.4, 0.5) is 0 Å². The summed E-state index contributed by atoms with van der Waals surface area (Å²) in [5, 5.41) is 0.924. The van der Waals surface area contributed by atoms with Crippen LogP contribution in [0.25, 0.3) is 0 Å². The molecule has 0 saturated carbocycles. The second-order valence-electron chi connectivity index (χ2n) is 3.60. The number of halogens is 1. The first-order chi connectivity index (χ1) is 7.22. The zero-order valence-electron chi connectivity index (χ0n) is 8.42. The number of hydrogen-bond donors (Lipinski definition) is 1. The van der Waals surface area contributed by atoms with Crippen LogP contribution in [0.3, 0.4) is 0 Å². The number of rotatable bonds is 2. The van der Waals surface area contributed by atoms with Crippen molar-refractivity contribution in [2.45, 2.75) is 19.3 Å². The van der Waals surface area contributed by atoms with Gasteiger partial charge in [-0.3, -0.25) is 4.79 Å². The highest BCUT2D eigenvalue weighted by Gasteiger charge is 2.24. The van der Waals surface area contributed by atoms with Crippen LogP contribution >= 0.6 is 15.9 Å². The van der Waals surface area contributed by atoms with Crippen molar-refractivity contribution in [1.82, 2.24) is 5.48 Å². The van der Waals surface area contributed by atoms with Crippen molar-refractivity contribution < 1.29 is 9.63 Å². The standard InChI is InChI=1S/C11H12BrNO2/c1-7-9-3-2-8(4-5-12)6-10(9)15-13-11(7)14/h2-3,6-7H,4-5H2,1H3,(H,13,14). The largest absolute Gasteiger partial charge is 0.379 e. The van der Waals surface area contributed by atoms with E-state index < -0.39 is 0 Å². The normalized spacial score (nSPS) is 19.1. The Morgan fingerprint density at radius 1 is 1.53 bits per heavy atom. The molecule has 0 aliphatic carbocycles. The Balaban J connectivity index is 2.34. The van der Waals surface area contributed by atoms with E-state index in [4.69, 9.17) is 4.84 Å². The average molecular weight is 270 g/mol. The molecule has 1 amide bonds. The second-order valence-corrected chi connectivity index (χ2v) is 4.39. The maximum Gasteiger partial charge on any atom is 0.259 e. The van der Waals surface area contributed by atoms with Crippen molar-refractivity contribution in [3.63, 3.8) is 0 Å². The van der Waals surface area contributed by atoms with E-state index in [1.54, 1.807) is 0 Å². The monoisotopic (exact) mass is 269 g/mol. The van der Waals surface area contributed by atoms with Gasteiger partial charge in [-0.1, -0.05) is 28.1 Å².